The molecule has 0 aliphatic heterocycles. The van der Waals surface area contributed by atoms with Crippen molar-refractivity contribution < 1.29 is 0 Å². The monoisotopic (exact) mass is 385 g/mol. The molecule has 2 aromatic carbocycles. The second-order valence-electron chi connectivity index (χ2n) is 5.12. The topological polar surface area (TPSA) is 56.5 Å². The maximum Gasteiger partial charge on any atom is 0.214 e. The molecule has 4 rings (SSSR count). The summed E-state index contributed by atoms with van der Waals surface area (Å²) >= 11 is 9.39. The minimum Gasteiger partial charge on any atom is -0.240 e. The first-order chi connectivity index (χ1) is 12.3. The van der Waals surface area contributed by atoms with Gasteiger partial charge in [0.2, 0.25) is 5.16 Å². The number of halogens is 1. The summed E-state index contributed by atoms with van der Waals surface area (Å²) in [6.07, 6.45) is 0. The van der Waals surface area contributed by atoms with Gasteiger partial charge in [0.1, 0.15) is 5.01 Å². The molecular weight excluding hydrogens is 374 g/mol. The molecule has 0 fully saturated rings. The van der Waals surface area contributed by atoms with Crippen LogP contribution in [-0.4, -0.2) is 25.2 Å². The van der Waals surface area contributed by atoms with Crippen LogP contribution in [-0.2, 0) is 5.75 Å². The van der Waals surface area contributed by atoms with Crippen LogP contribution in [0.2, 0.25) is 5.02 Å². The van der Waals surface area contributed by atoms with Crippen molar-refractivity contribution in [3.05, 3.63) is 70.7 Å². The highest BCUT2D eigenvalue weighted by Crippen LogP contribution is 2.31. The number of para-hydroxylation sites is 1. The van der Waals surface area contributed by atoms with E-state index in [-0.39, 0.29) is 0 Å². The van der Waals surface area contributed by atoms with Gasteiger partial charge in [0.25, 0.3) is 0 Å². The summed E-state index contributed by atoms with van der Waals surface area (Å²) in [6.45, 7) is 0. The largest absolute Gasteiger partial charge is 0.240 e. The smallest absolute Gasteiger partial charge is 0.214 e. The fourth-order valence-electron chi connectivity index (χ4n) is 2.27. The van der Waals surface area contributed by atoms with Crippen LogP contribution in [0.5, 0.6) is 0 Å². The van der Waals surface area contributed by atoms with Gasteiger partial charge < -0.3 is 0 Å². The third-order valence-corrected chi connectivity index (χ3v) is 5.65. The van der Waals surface area contributed by atoms with E-state index >= 15 is 0 Å². The predicted molar refractivity (Wildman–Crippen MR) is 101 cm³/mol. The van der Waals surface area contributed by atoms with Gasteiger partial charge in [-0.25, -0.2) is 4.98 Å². The van der Waals surface area contributed by atoms with Crippen molar-refractivity contribution in [2.45, 2.75) is 10.9 Å². The summed E-state index contributed by atoms with van der Waals surface area (Å²) in [7, 11) is 0. The van der Waals surface area contributed by atoms with Gasteiger partial charge in [-0.05, 0) is 28.6 Å². The highest BCUT2D eigenvalue weighted by molar-refractivity contribution is 7.98. The Balaban J connectivity index is 1.50. The summed E-state index contributed by atoms with van der Waals surface area (Å²) in [4.78, 5) is 4.68. The van der Waals surface area contributed by atoms with Crippen molar-refractivity contribution in [3.8, 4) is 16.3 Å². The molecule has 0 N–H and O–H groups in total. The molecule has 0 saturated carbocycles. The van der Waals surface area contributed by atoms with Crippen molar-refractivity contribution in [3.63, 3.8) is 0 Å². The SMILES string of the molecule is Clc1ccccc1-c1nc(CSc2nnnn2-c2ccccc2)cs1. The summed E-state index contributed by atoms with van der Waals surface area (Å²) in [5, 5.41) is 16.4. The minimum atomic E-state index is 0.689. The quantitative estimate of drug-likeness (QED) is 0.465. The lowest BCUT2D eigenvalue weighted by molar-refractivity contribution is 0.756. The second-order valence-corrected chi connectivity index (χ2v) is 7.33. The van der Waals surface area contributed by atoms with Crippen molar-refractivity contribution in [2.75, 3.05) is 0 Å². The molecule has 124 valence electrons. The average molecular weight is 386 g/mol. The number of rotatable bonds is 5. The van der Waals surface area contributed by atoms with E-state index in [0.717, 1.165) is 27.1 Å². The summed E-state index contributed by atoms with van der Waals surface area (Å²) < 4.78 is 1.73. The van der Waals surface area contributed by atoms with E-state index in [1.807, 2.05) is 60.0 Å². The molecule has 0 unspecified atom stereocenters. The van der Waals surface area contributed by atoms with Crippen molar-refractivity contribution in [1.82, 2.24) is 25.2 Å². The highest BCUT2D eigenvalue weighted by Gasteiger charge is 2.12. The van der Waals surface area contributed by atoms with Crippen molar-refractivity contribution >= 4 is 34.7 Å². The van der Waals surface area contributed by atoms with Gasteiger partial charge in [0, 0.05) is 16.7 Å². The number of hydrogen-bond acceptors (Lipinski definition) is 6. The number of hydrogen-bond donors (Lipinski definition) is 0. The maximum atomic E-state index is 6.25. The fraction of sp³-hybridized carbons (Fsp3) is 0.0588. The Hall–Kier alpha value is -2.22. The fourth-order valence-corrected chi connectivity index (χ4v) is 4.30. The molecule has 0 aliphatic carbocycles. The highest BCUT2D eigenvalue weighted by atomic mass is 35.5. The molecule has 0 bridgehead atoms. The molecular formula is C17H12ClN5S2. The van der Waals surface area contributed by atoms with E-state index in [1.54, 1.807) is 27.8 Å². The minimum absolute atomic E-state index is 0.689. The summed E-state index contributed by atoms with van der Waals surface area (Å²) in [6, 6.07) is 17.6. The molecule has 2 aromatic heterocycles. The van der Waals surface area contributed by atoms with Crippen LogP contribution in [0.25, 0.3) is 16.3 Å². The second kappa shape index (κ2) is 7.35. The van der Waals surface area contributed by atoms with E-state index in [9.17, 15) is 0 Å². The van der Waals surface area contributed by atoms with Crippen LogP contribution >= 0.6 is 34.7 Å². The molecule has 0 aliphatic rings. The van der Waals surface area contributed by atoms with Crippen LogP contribution in [0.15, 0.2) is 65.1 Å². The molecule has 2 heterocycles. The summed E-state index contributed by atoms with van der Waals surface area (Å²) in [5.41, 5.74) is 2.87. The number of benzene rings is 2. The third-order valence-electron chi connectivity index (χ3n) is 3.45. The first kappa shape index (κ1) is 16.3. The third kappa shape index (κ3) is 3.58. The lowest BCUT2D eigenvalue weighted by Gasteiger charge is -2.02. The summed E-state index contributed by atoms with van der Waals surface area (Å²) in [5.74, 6) is 0.689. The average Bonchev–Trinajstić information content (AvgIpc) is 3.30. The molecule has 0 amide bonds. The van der Waals surface area contributed by atoms with Crippen LogP contribution in [0.4, 0.5) is 0 Å². The number of aromatic nitrogens is 5. The van der Waals surface area contributed by atoms with Gasteiger partial charge in [-0.2, -0.15) is 4.68 Å². The van der Waals surface area contributed by atoms with Gasteiger partial charge in [0.05, 0.1) is 16.4 Å². The number of nitrogens with zero attached hydrogens (tertiary/aromatic N) is 5. The van der Waals surface area contributed by atoms with Crippen LogP contribution in [0.1, 0.15) is 5.69 Å². The Morgan fingerprint density at radius 3 is 2.68 bits per heavy atom. The zero-order chi connectivity index (χ0) is 17.1. The Bertz CT molecular complexity index is 983. The molecule has 8 heteroatoms. The molecule has 4 aromatic rings. The van der Waals surface area contributed by atoms with Gasteiger partial charge >= 0.3 is 0 Å². The van der Waals surface area contributed by atoms with E-state index < -0.39 is 0 Å². The molecule has 0 spiro atoms. The lowest BCUT2D eigenvalue weighted by atomic mass is 10.2. The van der Waals surface area contributed by atoms with Crippen molar-refractivity contribution in [1.29, 1.82) is 0 Å². The molecule has 0 saturated heterocycles. The number of thiazole rings is 1. The van der Waals surface area contributed by atoms with E-state index in [0.29, 0.717) is 10.8 Å². The van der Waals surface area contributed by atoms with Gasteiger partial charge in [0.15, 0.2) is 0 Å². The first-order valence-electron chi connectivity index (χ1n) is 7.47. The van der Waals surface area contributed by atoms with Crippen molar-refractivity contribution in [2.24, 2.45) is 0 Å². The standard InChI is InChI=1S/C17H12ClN5S2/c18-15-9-5-4-8-14(15)16-19-12(10-24-16)11-25-17-20-21-22-23(17)13-6-2-1-3-7-13/h1-10H,11H2. The molecule has 0 radical (unpaired) electrons. The Labute approximate surface area is 157 Å². The maximum absolute atomic E-state index is 6.25. The number of tetrazole rings is 1. The Kier molecular flexibility index (Phi) is 4.78. The zero-order valence-electron chi connectivity index (χ0n) is 12.9. The Morgan fingerprint density at radius 2 is 1.84 bits per heavy atom. The van der Waals surface area contributed by atoms with Gasteiger partial charge in [-0.15, -0.1) is 16.4 Å². The Morgan fingerprint density at radius 1 is 1.04 bits per heavy atom. The van der Waals surface area contributed by atoms with Gasteiger partial charge in [-0.3, -0.25) is 0 Å². The van der Waals surface area contributed by atoms with E-state index in [2.05, 4.69) is 20.5 Å². The predicted octanol–water partition coefficient (Wildman–Crippen LogP) is 4.73. The first-order valence-corrected chi connectivity index (χ1v) is 9.71. The number of thioether (sulfide) groups is 1. The molecule has 5 nitrogen and oxygen atoms in total. The van der Waals surface area contributed by atoms with E-state index in [4.69, 9.17) is 11.6 Å². The lowest BCUT2D eigenvalue weighted by Crippen LogP contribution is -1.98. The molecule has 25 heavy (non-hydrogen) atoms. The normalized spacial score (nSPS) is 10.9. The van der Waals surface area contributed by atoms with Crippen LogP contribution < -0.4 is 0 Å². The zero-order valence-corrected chi connectivity index (χ0v) is 15.3. The van der Waals surface area contributed by atoms with E-state index in [1.165, 1.54) is 0 Å². The van der Waals surface area contributed by atoms with Crippen LogP contribution in [0.3, 0.4) is 0 Å². The molecule has 0 atom stereocenters. The van der Waals surface area contributed by atoms with Gasteiger partial charge in [-0.1, -0.05) is 59.8 Å². The van der Waals surface area contributed by atoms with Crippen LogP contribution in [0, 0.1) is 0 Å².